The van der Waals surface area contributed by atoms with Crippen molar-refractivity contribution in [3.63, 3.8) is 0 Å². The van der Waals surface area contributed by atoms with E-state index in [4.69, 9.17) is 4.74 Å². The van der Waals surface area contributed by atoms with E-state index in [9.17, 15) is 0 Å². The number of piperazine rings is 1. The largest absolute Gasteiger partial charge is 0.497 e. The molecule has 0 bridgehead atoms. The molecule has 6 heteroatoms. The molecule has 5 nitrogen and oxygen atoms in total. The number of rotatable bonds is 4. The van der Waals surface area contributed by atoms with Gasteiger partial charge in [-0.25, -0.2) is 4.98 Å². The van der Waals surface area contributed by atoms with Gasteiger partial charge in [-0.2, -0.15) is 4.37 Å². The summed E-state index contributed by atoms with van der Waals surface area (Å²) in [5, 5.41) is 1.06. The first-order chi connectivity index (χ1) is 10.3. The van der Waals surface area contributed by atoms with Gasteiger partial charge >= 0.3 is 0 Å². The summed E-state index contributed by atoms with van der Waals surface area (Å²) >= 11 is 1.51. The second-order valence-electron chi connectivity index (χ2n) is 5.02. The zero-order valence-electron chi connectivity index (χ0n) is 12.5. The molecule has 1 aromatic carbocycles. The second-order valence-corrected chi connectivity index (χ2v) is 5.75. The fraction of sp³-hybridized carbons (Fsp3) is 0.467. The van der Waals surface area contributed by atoms with E-state index in [0.717, 1.165) is 49.3 Å². The summed E-state index contributed by atoms with van der Waals surface area (Å²) in [6, 6.07) is 8.27. The normalized spacial score (nSPS) is 15.3. The van der Waals surface area contributed by atoms with Crippen LogP contribution in [0.25, 0.3) is 0 Å². The molecule has 1 aliphatic rings. The van der Waals surface area contributed by atoms with Gasteiger partial charge in [-0.1, -0.05) is 6.92 Å². The van der Waals surface area contributed by atoms with E-state index in [1.807, 2.05) is 12.1 Å². The van der Waals surface area contributed by atoms with Crippen LogP contribution >= 0.6 is 11.5 Å². The summed E-state index contributed by atoms with van der Waals surface area (Å²) in [6.07, 6.45) is 0.905. The lowest BCUT2D eigenvalue weighted by molar-refractivity contribution is 0.415. The predicted octanol–water partition coefficient (Wildman–Crippen LogP) is 2.44. The van der Waals surface area contributed by atoms with E-state index in [0.29, 0.717) is 0 Å². The minimum absolute atomic E-state index is 0.901. The standard InChI is InChI=1S/C15H20N4OS/c1-3-14-16-15(21-17-14)19-10-8-18(9-11-19)12-4-6-13(20-2)7-5-12/h4-7H,3,8-11H2,1-2H3. The minimum Gasteiger partial charge on any atom is -0.497 e. The van der Waals surface area contributed by atoms with Crippen LogP contribution < -0.4 is 14.5 Å². The highest BCUT2D eigenvalue weighted by Crippen LogP contribution is 2.23. The van der Waals surface area contributed by atoms with Crippen LogP contribution in [0.5, 0.6) is 5.75 Å². The molecule has 1 aromatic heterocycles. The lowest BCUT2D eigenvalue weighted by Crippen LogP contribution is -2.46. The molecule has 0 aliphatic carbocycles. The molecular weight excluding hydrogens is 284 g/mol. The molecule has 1 aliphatic heterocycles. The van der Waals surface area contributed by atoms with Crippen molar-refractivity contribution < 1.29 is 4.74 Å². The average molecular weight is 304 g/mol. The topological polar surface area (TPSA) is 41.5 Å². The van der Waals surface area contributed by atoms with Crippen LogP contribution in [0.2, 0.25) is 0 Å². The summed E-state index contributed by atoms with van der Waals surface area (Å²) in [6.45, 7) is 6.09. The SMILES string of the molecule is CCc1nsc(N2CCN(c3ccc(OC)cc3)CC2)n1. The fourth-order valence-electron chi connectivity index (χ4n) is 2.47. The number of nitrogens with zero attached hydrogens (tertiary/aromatic N) is 4. The zero-order chi connectivity index (χ0) is 14.7. The van der Waals surface area contributed by atoms with Crippen LogP contribution in [0.3, 0.4) is 0 Å². The van der Waals surface area contributed by atoms with Crippen LogP contribution in [0.1, 0.15) is 12.7 Å². The van der Waals surface area contributed by atoms with Crippen LogP contribution in [0, 0.1) is 0 Å². The van der Waals surface area contributed by atoms with Crippen molar-refractivity contribution >= 4 is 22.4 Å². The van der Waals surface area contributed by atoms with Gasteiger partial charge in [0.25, 0.3) is 0 Å². The molecule has 1 fully saturated rings. The summed E-state index contributed by atoms with van der Waals surface area (Å²) < 4.78 is 9.57. The molecule has 0 spiro atoms. The van der Waals surface area contributed by atoms with E-state index in [1.54, 1.807) is 7.11 Å². The minimum atomic E-state index is 0.901. The Morgan fingerprint density at radius 2 is 1.76 bits per heavy atom. The predicted molar refractivity (Wildman–Crippen MR) is 86.7 cm³/mol. The van der Waals surface area contributed by atoms with Crippen molar-refractivity contribution in [2.45, 2.75) is 13.3 Å². The molecule has 0 saturated carbocycles. The lowest BCUT2D eigenvalue weighted by Gasteiger charge is -2.35. The first-order valence-electron chi connectivity index (χ1n) is 7.26. The van der Waals surface area contributed by atoms with Gasteiger partial charge in [0.2, 0.25) is 5.13 Å². The Balaban J connectivity index is 1.61. The highest BCUT2D eigenvalue weighted by molar-refractivity contribution is 7.09. The molecule has 21 heavy (non-hydrogen) atoms. The molecule has 0 atom stereocenters. The Morgan fingerprint density at radius 3 is 2.33 bits per heavy atom. The molecule has 1 saturated heterocycles. The van der Waals surface area contributed by atoms with Crippen molar-refractivity contribution in [3.05, 3.63) is 30.1 Å². The van der Waals surface area contributed by atoms with Crippen molar-refractivity contribution in [2.75, 3.05) is 43.1 Å². The van der Waals surface area contributed by atoms with Gasteiger partial charge in [0.15, 0.2) is 0 Å². The lowest BCUT2D eigenvalue weighted by atomic mass is 10.2. The van der Waals surface area contributed by atoms with Gasteiger partial charge in [0, 0.05) is 49.8 Å². The van der Waals surface area contributed by atoms with Crippen LogP contribution in [-0.4, -0.2) is 42.6 Å². The molecule has 0 N–H and O–H groups in total. The summed E-state index contributed by atoms with van der Waals surface area (Å²) in [5.74, 6) is 1.85. The first-order valence-corrected chi connectivity index (χ1v) is 8.04. The van der Waals surface area contributed by atoms with E-state index in [1.165, 1.54) is 17.2 Å². The highest BCUT2D eigenvalue weighted by Gasteiger charge is 2.20. The number of aromatic nitrogens is 2. The summed E-state index contributed by atoms with van der Waals surface area (Å²) in [4.78, 5) is 9.30. The Labute approximate surface area is 129 Å². The maximum atomic E-state index is 5.20. The number of aryl methyl sites for hydroxylation is 1. The Morgan fingerprint density at radius 1 is 1.10 bits per heavy atom. The van der Waals surface area contributed by atoms with Gasteiger partial charge in [0.05, 0.1) is 7.11 Å². The van der Waals surface area contributed by atoms with E-state index in [-0.39, 0.29) is 0 Å². The maximum absolute atomic E-state index is 5.20. The van der Waals surface area contributed by atoms with Gasteiger partial charge < -0.3 is 14.5 Å². The van der Waals surface area contributed by atoms with Crippen molar-refractivity contribution in [1.29, 1.82) is 0 Å². The van der Waals surface area contributed by atoms with Gasteiger partial charge in [-0.05, 0) is 24.3 Å². The Kier molecular flexibility index (Phi) is 4.24. The third kappa shape index (κ3) is 3.10. The number of ether oxygens (including phenoxy) is 1. The molecule has 3 rings (SSSR count). The number of methoxy groups -OCH3 is 1. The van der Waals surface area contributed by atoms with E-state index < -0.39 is 0 Å². The van der Waals surface area contributed by atoms with Gasteiger partial charge in [-0.3, -0.25) is 0 Å². The maximum Gasteiger partial charge on any atom is 0.205 e. The van der Waals surface area contributed by atoms with Crippen LogP contribution in [-0.2, 0) is 6.42 Å². The first kappa shape index (κ1) is 14.1. The molecule has 2 aromatic rings. The zero-order valence-corrected chi connectivity index (χ0v) is 13.3. The molecule has 0 unspecified atom stereocenters. The third-order valence-electron chi connectivity index (χ3n) is 3.76. The van der Waals surface area contributed by atoms with Crippen molar-refractivity contribution in [3.8, 4) is 5.75 Å². The number of benzene rings is 1. The highest BCUT2D eigenvalue weighted by atomic mass is 32.1. The molecule has 0 radical (unpaired) electrons. The molecule has 2 heterocycles. The van der Waals surface area contributed by atoms with Crippen LogP contribution in [0.15, 0.2) is 24.3 Å². The van der Waals surface area contributed by atoms with Gasteiger partial charge in [0.1, 0.15) is 11.6 Å². The molecular formula is C15H20N4OS. The summed E-state index contributed by atoms with van der Waals surface area (Å²) in [5.41, 5.74) is 1.25. The monoisotopic (exact) mass is 304 g/mol. The smallest absolute Gasteiger partial charge is 0.205 e. The molecule has 0 amide bonds. The number of hydrogen-bond acceptors (Lipinski definition) is 6. The Hall–Kier alpha value is -1.82. The van der Waals surface area contributed by atoms with Gasteiger partial charge in [-0.15, -0.1) is 0 Å². The number of anilines is 2. The van der Waals surface area contributed by atoms with Crippen molar-refractivity contribution in [1.82, 2.24) is 9.36 Å². The van der Waals surface area contributed by atoms with E-state index >= 15 is 0 Å². The number of hydrogen-bond donors (Lipinski definition) is 0. The third-order valence-corrected chi connectivity index (χ3v) is 4.58. The fourth-order valence-corrected chi connectivity index (χ4v) is 3.27. The Bertz CT molecular complexity index is 576. The molecule has 112 valence electrons. The van der Waals surface area contributed by atoms with Crippen molar-refractivity contribution in [2.24, 2.45) is 0 Å². The summed E-state index contributed by atoms with van der Waals surface area (Å²) in [7, 11) is 1.69. The van der Waals surface area contributed by atoms with E-state index in [2.05, 4.69) is 38.2 Å². The quantitative estimate of drug-likeness (QED) is 0.868. The van der Waals surface area contributed by atoms with Crippen LogP contribution in [0.4, 0.5) is 10.8 Å². The second kappa shape index (κ2) is 6.30. The average Bonchev–Trinajstić information content (AvgIpc) is 3.04.